The Morgan fingerprint density at radius 2 is 2.14 bits per heavy atom. The van der Waals surface area contributed by atoms with Crippen LogP contribution in [0.1, 0.15) is 18.1 Å². The van der Waals surface area contributed by atoms with Gasteiger partial charge in [-0.15, -0.1) is 0 Å². The number of carboxylic acid groups (broad SMARTS) is 1. The first kappa shape index (κ1) is 11.2. The van der Waals surface area contributed by atoms with Crippen LogP contribution >= 0.6 is 15.9 Å². The van der Waals surface area contributed by atoms with E-state index in [4.69, 9.17) is 10.8 Å². The highest BCUT2D eigenvalue weighted by Gasteiger charge is 2.31. The van der Waals surface area contributed by atoms with Crippen LogP contribution in [0.5, 0.6) is 0 Å². The van der Waals surface area contributed by atoms with Gasteiger partial charge in [-0.05, 0) is 31.0 Å². The predicted octanol–water partition coefficient (Wildman–Crippen LogP) is 2.02. The number of benzene rings is 1. The van der Waals surface area contributed by atoms with Gasteiger partial charge in [0.05, 0.1) is 0 Å². The molecular formula is C10H12BrNO2. The van der Waals surface area contributed by atoms with Crippen LogP contribution in [0.15, 0.2) is 22.7 Å². The largest absolute Gasteiger partial charge is 0.480 e. The maximum Gasteiger partial charge on any atom is 0.328 e. The standard InChI is InChI=1S/C10H12BrNO2/c1-6-3-4-7(8(11)5-6)10(2,12)9(13)14/h3-5H,12H2,1-2H3,(H,13,14)/t10-/m1/s1. The van der Waals surface area contributed by atoms with Gasteiger partial charge < -0.3 is 10.8 Å². The van der Waals surface area contributed by atoms with Crippen molar-refractivity contribution in [3.05, 3.63) is 33.8 Å². The molecule has 3 nitrogen and oxygen atoms in total. The number of carbonyl (C=O) groups is 1. The Balaban J connectivity index is 3.26. The van der Waals surface area contributed by atoms with E-state index in [0.29, 0.717) is 5.56 Å². The van der Waals surface area contributed by atoms with E-state index in [9.17, 15) is 4.79 Å². The van der Waals surface area contributed by atoms with Crippen LogP contribution in [-0.4, -0.2) is 11.1 Å². The number of rotatable bonds is 2. The topological polar surface area (TPSA) is 63.3 Å². The molecule has 0 bridgehead atoms. The summed E-state index contributed by atoms with van der Waals surface area (Å²) in [4.78, 5) is 10.9. The molecule has 0 aliphatic heterocycles. The summed E-state index contributed by atoms with van der Waals surface area (Å²) in [6.07, 6.45) is 0. The highest BCUT2D eigenvalue weighted by Crippen LogP contribution is 2.27. The summed E-state index contributed by atoms with van der Waals surface area (Å²) < 4.78 is 0.727. The van der Waals surface area contributed by atoms with E-state index in [0.717, 1.165) is 10.0 Å². The Hall–Kier alpha value is -0.870. The van der Waals surface area contributed by atoms with Gasteiger partial charge in [-0.2, -0.15) is 0 Å². The number of aryl methyl sites for hydroxylation is 1. The molecule has 0 radical (unpaired) electrons. The van der Waals surface area contributed by atoms with Gasteiger partial charge in [0.2, 0.25) is 0 Å². The van der Waals surface area contributed by atoms with E-state index in [1.54, 1.807) is 6.07 Å². The van der Waals surface area contributed by atoms with Crippen molar-refractivity contribution in [2.75, 3.05) is 0 Å². The third-order valence-electron chi connectivity index (χ3n) is 2.13. The van der Waals surface area contributed by atoms with Crippen LogP contribution in [0.25, 0.3) is 0 Å². The van der Waals surface area contributed by atoms with E-state index in [2.05, 4.69) is 15.9 Å². The highest BCUT2D eigenvalue weighted by molar-refractivity contribution is 9.10. The lowest BCUT2D eigenvalue weighted by Crippen LogP contribution is -2.41. The first-order valence-corrected chi connectivity index (χ1v) is 4.94. The second-order valence-corrected chi connectivity index (χ2v) is 4.35. The third-order valence-corrected chi connectivity index (χ3v) is 2.78. The average molecular weight is 258 g/mol. The Morgan fingerprint density at radius 1 is 1.57 bits per heavy atom. The van der Waals surface area contributed by atoms with Crippen LogP contribution in [0.2, 0.25) is 0 Å². The minimum Gasteiger partial charge on any atom is -0.480 e. The number of carboxylic acids is 1. The van der Waals surface area contributed by atoms with Crippen molar-refractivity contribution in [1.29, 1.82) is 0 Å². The molecule has 0 spiro atoms. The fourth-order valence-electron chi connectivity index (χ4n) is 1.16. The van der Waals surface area contributed by atoms with Gasteiger partial charge in [0, 0.05) is 4.47 Å². The fourth-order valence-corrected chi connectivity index (χ4v) is 2.06. The molecule has 0 amide bonds. The van der Waals surface area contributed by atoms with Crippen LogP contribution in [0.3, 0.4) is 0 Å². The lowest BCUT2D eigenvalue weighted by Gasteiger charge is -2.21. The van der Waals surface area contributed by atoms with Crippen molar-refractivity contribution in [3.63, 3.8) is 0 Å². The number of aliphatic carboxylic acids is 1. The van der Waals surface area contributed by atoms with E-state index in [1.807, 2.05) is 19.1 Å². The molecule has 0 fully saturated rings. The molecule has 14 heavy (non-hydrogen) atoms. The zero-order valence-corrected chi connectivity index (χ0v) is 9.63. The fraction of sp³-hybridized carbons (Fsp3) is 0.300. The van der Waals surface area contributed by atoms with Gasteiger partial charge in [-0.3, -0.25) is 0 Å². The molecule has 0 saturated heterocycles. The summed E-state index contributed by atoms with van der Waals surface area (Å²) in [6, 6.07) is 5.42. The Bertz CT molecular complexity index is 374. The van der Waals surface area contributed by atoms with Gasteiger partial charge in [0.1, 0.15) is 5.54 Å². The SMILES string of the molecule is Cc1ccc([C@@](C)(N)C(=O)O)c(Br)c1. The molecule has 0 unspecified atom stereocenters. The number of hydrogen-bond donors (Lipinski definition) is 2. The van der Waals surface area contributed by atoms with E-state index >= 15 is 0 Å². The predicted molar refractivity (Wildman–Crippen MR) is 58.1 cm³/mol. The monoisotopic (exact) mass is 257 g/mol. The summed E-state index contributed by atoms with van der Waals surface area (Å²) in [5, 5.41) is 8.94. The van der Waals surface area contributed by atoms with Crippen molar-refractivity contribution < 1.29 is 9.90 Å². The summed E-state index contributed by atoms with van der Waals surface area (Å²) in [6.45, 7) is 3.41. The lowest BCUT2D eigenvalue weighted by atomic mass is 9.93. The summed E-state index contributed by atoms with van der Waals surface area (Å²) >= 11 is 3.31. The quantitative estimate of drug-likeness (QED) is 0.852. The molecule has 1 aromatic carbocycles. The molecule has 76 valence electrons. The molecule has 1 atom stereocenters. The Kier molecular flexibility index (Phi) is 2.97. The maximum atomic E-state index is 10.9. The molecule has 0 saturated carbocycles. The summed E-state index contributed by atoms with van der Waals surface area (Å²) in [5.74, 6) is -1.04. The molecule has 1 aromatic rings. The van der Waals surface area contributed by atoms with Crippen molar-refractivity contribution in [1.82, 2.24) is 0 Å². The van der Waals surface area contributed by atoms with Crippen LogP contribution in [0, 0.1) is 6.92 Å². The zero-order valence-electron chi connectivity index (χ0n) is 8.04. The first-order valence-electron chi connectivity index (χ1n) is 4.14. The van der Waals surface area contributed by atoms with Gasteiger partial charge in [0.15, 0.2) is 0 Å². The maximum absolute atomic E-state index is 10.9. The van der Waals surface area contributed by atoms with Crippen molar-refractivity contribution >= 4 is 21.9 Å². The van der Waals surface area contributed by atoms with Crippen LogP contribution in [0.4, 0.5) is 0 Å². The molecule has 0 aromatic heterocycles. The number of hydrogen-bond acceptors (Lipinski definition) is 2. The van der Waals surface area contributed by atoms with Gasteiger partial charge in [-0.25, -0.2) is 4.79 Å². The van der Waals surface area contributed by atoms with E-state index in [-0.39, 0.29) is 0 Å². The zero-order chi connectivity index (χ0) is 10.9. The minimum absolute atomic E-state index is 0.579. The molecule has 0 aliphatic rings. The third kappa shape index (κ3) is 1.96. The normalized spacial score (nSPS) is 14.9. The number of nitrogens with two attached hydrogens (primary N) is 1. The smallest absolute Gasteiger partial charge is 0.328 e. The van der Waals surface area contributed by atoms with Crippen LogP contribution < -0.4 is 5.73 Å². The molecule has 4 heteroatoms. The van der Waals surface area contributed by atoms with E-state index in [1.165, 1.54) is 6.92 Å². The highest BCUT2D eigenvalue weighted by atomic mass is 79.9. The first-order chi connectivity index (χ1) is 6.35. The average Bonchev–Trinajstić information content (AvgIpc) is 2.02. The Labute approximate surface area is 91.1 Å². The number of halogens is 1. The second-order valence-electron chi connectivity index (χ2n) is 3.49. The van der Waals surface area contributed by atoms with Gasteiger partial charge in [0.25, 0.3) is 0 Å². The molecular weight excluding hydrogens is 246 g/mol. The minimum atomic E-state index is -1.35. The molecule has 0 aliphatic carbocycles. The molecule has 0 heterocycles. The molecule has 3 N–H and O–H groups in total. The van der Waals surface area contributed by atoms with Crippen LogP contribution in [-0.2, 0) is 10.3 Å². The summed E-state index contributed by atoms with van der Waals surface area (Å²) in [7, 11) is 0. The van der Waals surface area contributed by atoms with Gasteiger partial charge in [-0.1, -0.05) is 28.1 Å². The summed E-state index contributed by atoms with van der Waals surface area (Å²) in [5.41, 5.74) is 5.98. The van der Waals surface area contributed by atoms with Gasteiger partial charge >= 0.3 is 5.97 Å². The molecule has 1 rings (SSSR count). The lowest BCUT2D eigenvalue weighted by molar-refractivity contribution is -0.143. The van der Waals surface area contributed by atoms with E-state index < -0.39 is 11.5 Å². The Morgan fingerprint density at radius 3 is 2.57 bits per heavy atom. The van der Waals surface area contributed by atoms with Crippen molar-refractivity contribution in [3.8, 4) is 0 Å². The second kappa shape index (κ2) is 3.71. The van der Waals surface area contributed by atoms with Crippen molar-refractivity contribution in [2.24, 2.45) is 5.73 Å². The van der Waals surface area contributed by atoms with Crippen molar-refractivity contribution in [2.45, 2.75) is 19.4 Å².